The zero-order valence-electron chi connectivity index (χ0n) is 26.3. The normalized spacial score (nSPS) is 22.5. The van der Waals surface area contributed by atoms with E-state index in [0.29, 0.717) is 37.4 Å². The first-order valence-corrected chi connectivity index (χ1v) is 15.6. The smallest absolute Gasteiger partial charge is 0.407 e. The Morgan fingerprint density at radius 3 is 2.51 bits per heavy atom. The predicted octanol–water partition coefficient (Wildman–Crippen LogP) is 1.64. The largest absolute Gasteiger partial charge is 0.444 e. The van der Waals surface area contributed by atoms with Gasteiger partial charge in [-0.25, -0.2) is 4.79 Å². The van der Waals surface area contributed by atoms with Gasteiger partial charge in [0.1, 0.15) is 11.6 Å². The number of ether oxygens (including phenoxy) is 1. The zero-order chi connectivity index (χ0) is 31.9. The number of amides is 5. The molecule has 5 amide bonds. The number of likely N-dealkylation sites (N-methyl/N-ethyl adjacent to an activating group) is 3. The monoisotopic (exact) mass is 618 g/mol. The Labute approximate surface area is 258 Å². The molecule has 238 valence electrons. The van der Waals surface area contributed by atoms with Crippen molar-refractivity contribution in [2.75, 3.05) is 60.1 Å². The molecule has 2 N–H and O–H groups in total. The molecule has 1 saturated heterocycles. The van der Waals surface area contributed by atoms with Crippen molar-refractivity contribution >= 4 is 41.5 Å². The second-order valence-electron chi connectivity index (χ2n) is 12.4. The molecule has 1 aromatic carbocycles. The van der Waals surface area contributed by atoms with Crippen LogP contribution in [0.2, 0.25) is 0 Å². The molecule has 2 aliphatic rings. The van der Waals surface area contributed by atoms with Crippen LogP contribution in [-0.2, 0) is 19.1 Å². The third-order valence-corrected chi connectivity index (χ3v) is 8.50. The SMILES string of the molecule is CN(C)CCNC(=O)[C@@H]1CCC(=O)N(C)CC(=O)N2C[C@H](NC(=O)OC(C)(C)C)C[C@H]2CSc2cccc(c2)C(=O)N1C. The number of nitrogens with zero attached hydrogens (tertiary/aromatic N) is 4. The van der Waals surface area contributed by atoms with Gasteiger partial charge in [-0.1, -0.05) is 6.07 Å². The van der Waals surface area contributed by atoms with Gasteiger partial charge in [-0.05, 0) is 65.9 Å². The van der Waals surface area contributed by atoms with Crippen LogP contribution in [0, 0.1) is 0 Å². The summed E-state index contributed by atoms with van der Waals surface area (Å²) in [4.78, 5) is 73.1. The number of carbonyl (C=O) groups is 5. The maximum Gasteiger partial charge on any atom is 0.407 e. The van der Waals surface area contributed by atoms with E-state index in [0.717, 1.165) is 4.90 Å². The third-order valence-electron chi connectivity index (χ3n) is 7.36. The molecule has 0 spiro atoms. The Bertz CT molecular complexity index is 1190. The molecule has 1 fully saturated rings. The lowest BCUT2D eigenvalue weighted by molar-refractivity contribution is -0.140. The van der Waals surface area contributed by atoms with Crippen LogP contribution in [0.4, 0.5) is 4.79 Å². The van der Waals surface area contributed by atoms with Gasteiger partial charge >= 0.3 is 6.09 Å². The van der Waals surface area contributed by atoms with Gasteiger partial charge in [-0.3, -0.25) is 19.2 Å². The van der Waals surface area contributed by atoms with Crippen molar-refractivity contribution in [2.45, 2.75) is 68.7 Å². The summed E-state index contributed by atoms with van der Waals surface area (Å²) in [6, 6.07) is 5.81. The fourth-order valence-electron chi connectivity index (χ4n) is 5.07. The van der Waals surface area contributed by atoms with Gasteiger partial charge in [0, 0.05) is 62.4 Å². The Morgan fingerprint density at radius 1 is 1.12 bits per heavy atom. The summed E-state index contributed by atoms with van der Waals surface area (Å²) < 4.78 is 5.41. The van der Waals surface area contributed by atoms with Crippen LogP contribution in [0.25, 0.3) is 0 Å². The van der Waals surface area contributed by atoms with E-state index in [1.54, 1.807) is 58.0 Å². The van der Waals surface area contributed by atoms with Gasteiger partial charge in [0.2, 0.25) is 17.7 Å². The summed E-state index contributed by atoms with van der Waals surface area (Å²) in [5.41, 5.74) is -0.221. The van der Waals surface area contributed by atoms with E-state index >= 15 is 0 Å². The fourth-order valence-corrected chi connectivity index (χ4v) is 6.16. The van der Waals surface area contributed by atoms with Crippen molar-refractivity contribution in [3.63, 3.8) is 0 Å². The first-order valence-electron chi connectivity index (χ1n) is 14.6. The van der Waals surface area contributed by atoms with Crippen LogP contribution in [-0.4, -0.2) is 133 Å². The summed E-state index contributed by atoms with van der Waals surface area (Å²) in [5, 5.41) is 5.76. The molecular weight excluding hydrogens is 572 g/mol. The van der Waals surface area contributed by atoms with Crippen molar-refractivity contribution in [1.82, 2.24) is 30.2 Å². The quantitative estimate of drug-likeness (QED) is 0.510. The van der Waals surface area contributed by atoms with Gasteiger partial charge in [-0.15, -0.1) is 11.8 Å². The van der Waals surface area contributed by atoms with Crippen LogP contribution >= 0.6 is 11.8 Å². The van der Waals surface area contributed by atoms with Crippen molar-refractivity contribution in [1.29, 1.82) is 0 Å². The van der Waals surface area contributed by atoms with Crippen molar-refractivity contribution in [2.24, 2.45) is 0 Å². The Balaban J connectivity index is 1.84. The summed E-state index contributed by atoms with van der Waals surface area (Å²) in [7, 11) is 6.94. The molecule has 43 heavy (non-hydrogen) atoms. The topological polar surface area (TPSA) is 132 Å². The number of alkyl carbamates (subject to hydrolysis) is 1. The van der Waals surface area contributed by atoms with E-state index in [4.69, 9.17) is 4.74 Å². The first-order chi connectivity index (χ1) is 20.1. The minimum absolute atomic E-state index is 0.0185. The van der Waals surface area contributed by atoms with Crippen LogP contribution < -0.4 is 10.6 Å². The third kappa shape index (κ3) is 10.1. The molecular formula is C30H46N6O6S. The molecule has 2 aliphatic heterocycles. The average molecular weight is 619 g/mol. The molecule has 0 saturated carbocycles. The number of benzene rings is 1. The van der Waals surface area contributed by atoms with Crippen LogP contribution in [0.5, 0.6) is 0 Å². The molecule has 0 radical (unpaired) electrons. The Morgan fingerprint density at radius 2 is 1.84 bits per heavy atom. The highest BCUT2D eigenvalue weighted by Crippen LogP contribution is 2.28. The van der Waals surface area contributed by atoms with Gasteiger partial charge in [0.15, 0.2) is 0 Å². The lowest BCUT2D eigenvalue weighted by Gasteiger charge is -2.30. The van der Waals surface area contributed by atoms with Gasteiger partial charge in [-0.2, -0.15) is 0 Å². The number of thioether (sulfide) groups is 1. The molecule has 3 atom stereocenters. The Hall–Kier alpha value is -3.32. The first kappa shape index (κ1) is 34.2. The van der Waals surface area contributed by atoms with Gasteiger partial charge in [0.05, 0.1) is 12.6 Å². The lowest BCUT2D eigenvalue weighted by Crippen LogP contribution is -2.49. The van der Waals surface area contributed by atoms with Crippen LogP contribution in [0.1, 0.15) is 50.4 Å². The summed E-state index contributed by atoms with van der Waals surface area (Å²) in [6.07, 6.45) is 0.0759. The molecule has 3 rings (SSSR count). The number of hydrogen-bond acceptors (Lipinski definition) is 8. The minimum atomic E-state index is -0.866. The molecule has 13 heteroatoms. The maximum atomic E-state index is 13.5. The van der Waals surface area contributed by atoms with Crippen molar-refractivity contribution < 1.29 is 28.7 Å². The lowest BCUT2D eigenvalue weighted by atomic mass is 10.1. The predicted molar refractivity (Wildman–Crippen MR) is 165 cm³/mol. The highest BCUT2D eigenvalue weighted by atomic mass is 32.2. The number of hydrogen-bond donors (Lipinski definition) is 2. The van der Waals surface area contributed by atoms with E-state index in [1.807, 2.05) is 25.1 Å². The van der Waals surface area contributed by atoms with E-state index in [9.17, 15) is 24.0 Å². The molecule has 0 unspecified atom stereocenters. The maximum absolute atomic E-state index is 13.5. The molecule has 0 aliphatic carbocycles. The molecule has 2 bridgehead atoms. The number of carbonyl (C=O) groups excluding carboxylic acids is 5. The van der Waals surface area contributed by atoms with Gasteiger partial charge < -0.3 is 35.0 Å². The van der Waals surface area contributed by atoms with E-state index in [1.165, 1.54) is 21.6 Å². The summed E-state index contributed by atoms with van der Waals surface area (Å²) in [5.74, 6) is -0.647. The molecule has 1 aromatic rings. The van der Waals surface area contributed by atoms with E-state index in [2.05, 4.69) is 10.6 Å². The van der Waals surface area contributed by atoms with E-state index in [-0.39, 0.29) is 55.1 Å². The number of fused-ring (bicyclic) bond motifs is 3. The van der Waals surface area contributed by atoms with E-state index < -0.39 is 17.7 Å². The molecule has 2 heterocycles. The highest BCUT2D eigenvalue weighted by Gasteiger charge is 2.37. The molecule has 0 aromatic heterocycles. The summed E-state index contributed by atoms with van der Waals surface area (Å²) >= 11 is 1.51. The minimum Gasteiger partial charge on any atom is -0.444 e. The highest BCUT2D eigenvalue weighted by molar-refractivity contribution is 7.99. The van der Waals surface area contributed by atoms with Gasteiger partial charge in [0.25, 0.3) is 5.91 Å². The zero-order valence-corrected chi connectivity index (χ0v) is 27.2. The van der Waals surface area contributed by atoms with Crippen molar-refractivity contribution in [3.05, 3.63) is 29.8 Å². The second-order valence-corrected chi connectivity index (χ2v) is 13.5. The Kier molecular flexibility index (Phi) is 11.9. The second kappa shape index (κ2) is 14.9. The summed E-state index contributed by atoms with van der Waals surface area (Å²) in [6.45, 7) is 6.56. The molecule has 12 nitrogen and oxygen atoms in total. The standard InChI is InChI=1S/C30H46N6O6S/c1-30(2,3)42-29(41)32-21-16-22-19-43-23-10-8-9-20(15-23)28(40)35(7)24(27(39)31-13-14-33(4)5)11-12-25(37)34(6)18-26(38)36(22)17-21/h8-10,15,21-22,24H,11-14,16-19H2,1-7H3,(H,31,39)(H,32,41)/t21-,22+,24+/m1/s1. The fraction of sp³-hybridized carbons (Fsp3) is 0.633. The number of rotatable bonds is 5. The average Bonchev–Trinajstić information content (AvgIpc) is 3.32. The van der Waals surface area contributed by atoms with Crippen LogP contribution in [0.3, 0.4) is 0 Å². The number of nitrogens with one attached hydrogen (secondary N) is 2. The van der Waals surface area contributed by atoms with Crippen LogP contribution in [0.15, 0.2) is 29.2 Å². The van der Waals surface area contributed by atoms with Crippen molar-refractivity contribution in [3.8, 4) is 0 Å².